The van der Waals surface area contributed by atoms with Crippen LogP contribution in [0.3, 0.4) is 0 Å². The average Bonchev–Trinajstić information content (AvgIpc) is 2.63. The molecule has 0 radical (unpaired) electrons. The molecule has 0 saturated carbocycles. The first-order chi connectivity index (χ1) is 14.1. The summed E-state index contributed by atoms with van der Waals surface area (Å²) in [5.74, 6) is 1.43. The van der Waals surface area contributed by atoms with Gasteiger partial charge in [-0.05, 0) is 34.1 Å². The first kappa shape index (κ1) is 28.4. The molecule has 0 saturated heterocycles. The second kappa shape index (κ2) is 11.5. The summed E-state index contributed by atoms with van der Waals surface area (Å²) in [6.07, 6.45) is 3.18. The zero-order chi connectivity index (χ0) is 24.0. The number of benzene rings is 1. The standard InChI is InChI=1S/C27H49O3P/c1-13-15-16-28-31(29-19-20(3)14-2)30-24-22(26(7,8)9)17-21(25(4,5)6)18-23(24)27(10,11)12/h17-18,20H,13-16,19H2,1-12H3. The van der Waals surface area contributed by atoms with Gasteiger partial charge in [-0.1, -0.05) is 108 Å². The zero-order valence-electron chi connectivity index (χ0n) is 22.4. The lowest BCUT2D eigenvalue weighted by molar-refractivity contribution is 0.179. The van der Waals surface area contributed by atoms with Gasteiger partial charge in [-0.2, -0.15) is 0 Å². The minimum absolute atomic E-state index is 0.0578. The molecule has 1 aromatic carbocycles. The van der Waals surface area contributed by atoms with E-state index in [0.29, 0.717) is 19.1 Å². The summed E-state index contributed by atoms with van der Waals surface area (Å²) in [4.78, 5) is 0. The van der Waals surface area contributed by atoms with Gasteiger partial charge in [0.25, 0.3) is 0 Å². The molecule has 2 unspecified atom stereocenters. The van der Waals surface area contributed by atoms with E-state index in [2.05, 4.69) is 95.2 Å². The molecule has 31 heavy (non-hydrogen) atoms. The van der Waals surface area contributed by atoms with Gasteiger partial charge in [0.05, 0.1) is 13.2 Å². The van der Waals surface area contributed by atoms with Gasteiger partial charge in [-0.15, -0.1) is 0 Å². The first-order valence-electron chi connectivity index (χ1n) is 12.0. The summed E-state index contributed by atoms with van der Waals surface area (Å²) in [6.45, 7) is 28.3. The van der Waals surface area contributed by atoms with Crippen molar-refractivity contribution in [1.82, 2.24) is 0 Å². The Kier molecular flexibility index (Phi) is 10.5. The van der Waals surface area contributed by atoms with Crippen LogP contribution in [0.25, 0.3) is 0 Å². The lowest BCUT2D eigenvalue weighted by Crippen LogP contribution is -2.22. The molecule has 0 bridgehead atoms. The van der Waals surface area contributed by atoms with E-state index in [0.717, 1.165) is 25.0 Å². The molecular formula is C27H49O3P. The van der Waals surface area contributed by atoms with Crippen molar-refractivity contribution < 1.29 is 13.6 Å². The van der Waals surface area contributed by atoms with Crippen LogP contribution in [0.1, 0.15) is 119 Å². The van der Waals surface area contributed by atoms with Crippen molar-refractivity contribution in [1.29, 1.82) is 0 Å². The van der Waals surface area contributed by atoms with E-state index in [9.17, 15) is 0 Å². The van der Waals surface area contributed by atoms with Crippen LogP contribution < -0.4 is 4.52 Å². The van der Waals surface area contributed by atoms with Gasteiger partial charge >= 0.3 is 8.60 Å². The SMILES string of the molecule is CCCCOP(OCC(C)CC)Oc1c(C(C)(C)C)cc(C(C)(C)C)cc1C(C)(C)C. The van der Waals surface area contributed by atoms with Crippen molar-refractivity contribution >= 4 is 8.60 Å². The smallest absolute Gasteiger partial charge is 0.397 e. The van der Waals surface area contributed by atoms with Gasteiger partial charge in [-0.3, -0.25) is 0 Å². The van der Waals surface area contributed by atoms with Gasteiger partial charge in [0.1, 0.15) is 5.75 Å². The highest BCUT2D eigenvalue weighted by Gasteiger charge is 2.32. The second-order valence-electron chi connectivity index (χ2n) is 12.0. The topological polar surface area (TPSA) is 27.7 Å². The average molecular weight is 453 g/mol. The van der Waals surface area contributed by atoms with Crippen molar-refractivity contribution in [3.8, 4) is 5.75 Å². The molecule has 0 fully saturated rings. The fourth-order valence-electron chi connectivity index (χ4n) is 3.03. The molecule has 0 aliphatic heterocycles. The van der Waals surface area contributed by atoms with Gasteiger partial charge < -0.3 is 13.6 Å². The Morgan fingerprint density at radius 2 is 1.32 bits per heavy atom. The summed E-state index contributed by atoms with van der Waals surface area (Å²) < 4.78 is 19.0. The molecule has 0 aliphatic rings. The first-order valence-corrected chi connectivity index (χ1v) is 13.1. The van der Waals surface area contributed by atoms with Crippen LogP contribution in [0.2, 0.25) is 0 Å². The molecule has 0 amide bonds. The number of rotatable bonds is 10. The third-order valence-electron chi connectivity index (χ3n) is 5.59. The molecule has 4 heteroatoms. The Morgan fingerprint density at radius 3 is 1.71 bits per heavy atom. The molecule has 2 atom stereocenters. The predicted octanol–water partition coefficient (Wildman–Crippen LogP) is 9.06. The van der Waals surface area contributed by atoms with Crippen molar-refractivity contribution in [2.45, 2.75) is 119 Å². The van der Waals surface area contributed by atoms with Crippen LogP contribution in [0.4, 0.5) is 0 Å². The third-order valence-corrected chi connectivity index (χ3v) is 6.68. The van der Waals surface area contributed by atoms with Gasteiger partial charge in [-0.25, -0.2) is 0 Å². The Morgan fingerprint density at radius 1 is 0.806 bits per heavy atom. The Bertz CT molecular complexity index is 642. The fraction of sp³-hybridized carbons (Fsp3) is 0.778. The van der Waals surface area contributed by atoms with Crippen LogP contribution in [0, 0.1) is 5.92 Å². The van der Waals surface area contributed by atoms with E-state index in [1.807, 2.05) is 0 Å². The maximum Gasteiger partial charge on any atom is 0.397 e. The zero-order valence-corrected chi connectivity index (χ0v) is 23.3. The minimum atomic E-state index is -1.45. The van der Waals surface area contributed by atoms with E-state index in [-0.39, 0.29) is 16.2 Å². The van der Waals surface area contributed by atoms with Crippen molar-refractivity contribution in [2.75, 3.05) is 13.2 Å². The minimum Gasteiger partial charge on any atom is -0.426 e. The lowest BCUT2D eigenvalue weighted by Gasteiger charge is -2.34. The van der Waals surface area contributed by atoms with E-state index in [4.69, 9.17) is 13.6 Å². The summed E-state index contributed by atoms with van der Waals surface area (Å²) in [5, 5.41) is 0. The van der Waals surface area contributed by atoms with Crippen LogP contribution in [-0.4, -0.2) is 13.2 Å². The summed E-state index contributed by atoms with van der Waals surface area (Å²) in [7, 11) is -1.45. The molecule has 0 N–H and O–H groups in total. The summed E-state index contributed by atoms with van der Waals surface area (Å²) >= 11 is 0. The normalized spacial score (nSPS) is 15.1. The maximum absolute atomic E-state index is 6.66. The molecule has 0 aliphatic carbocycles. The van der Waals surface area contributed by atoms with Crippen LogP contribution in [0.15, 0.2) is 12.1 Å². The van der Waals surface area contributed by atoms with E-state index < -0.39 is 8.60 Å². The Balaban J connectivity index is 3.52. The van der Waals surface area contributed by atoms with Gasteiger partial charge in [0.15, 0.2) is 0 Å². The predicted molar refractivity (Wildman–Crippen MR) is 136 cm³/mol. The molecule has 1 aromatic rings. The number of unbranched alkanes of at least 4 members (excludes halogenated alkanes) is 1. The quantitative estimate of drug-likeness (QED) is 0.262. The fourth-order valence-corrected chi connectivity index (χ4v) is 4.21. The molecule has 0 aromatic heterocycles. The van der Waals surface area contributed by atoms with Crippen LogP contribution >= 0.6 is 8.60 Å². The van der Waals surface area contributed by atoms with Gasteiger partial charge in [0, 0.05) is 11.1 Å². The second-order valence-corrected chi connectivity index (χ2v) is 13.1. The molecule has 1 rings (SSSR count). The molecule has 0 spiro atoms. The van der Waals surface area contributed by atoms with Crippen molar-refractivity contribution in [3.05, 3.63) is 28.8 Å². The summed E-state index contributed by atoms with van der Waals surface area (Å²) in [5.41, 5.74) is 3.74. The highest BCUT2D eigenvalue weighted by molar-refractivity contribution is 7.42. The molecule has 3 nitrogen and oxygen atoms in total. The van der Waals surface area contributed by atoms with Crippen molar-refractivity contribution in [3.63, 3.8) is 0 Å². The number of hydrogen-bond donors (Lipinski definition) is 0. The third kappa shape index (κ3) is 9.03. The van der Waals surface area contributed by atoms with Crippen LogP contribution in [0.5, 0.6) is 5.75 Å². The van der Waals surface area contributed by atoms with Crippen molar-refractivity contribution in [2.24, 2.45) is 5.92 Å². The Hall–Kier alpha value is -0.630. The van der Waals surface area contributed by atoms with E-state index >= 15 is 0 Å². The van der Waals surface area contributed by atoms with Gasteiger partial charge in [0.2, 0.25) is 0 Å². The monoisotopic (exact) mass is 452 g/mol. The lowest BCUT2D eigenvalue weighted by atomic mass is 9.75. The van der Waals surface area contributed by atoms with E-state index in [1.165, 1.54) is 16.7 Å². The highest BCUT2D eigenvalue weighted by atomic mass is 31.2. The molecular weight excluding hydrogens is 403 g/mol. The Labute approximate surface area is 194 Å². The summed E-state index contributed by atoms with van der Waals surface area (Å²) in [6, 6.07) is 4.66. The largest absolute Gasteiger partial charge is 0.426 e. The molecule has 180 valence electrons. The molecule has 0 heterocycles. The maximum atomic E-state index is 6.66. The number of hydrogen-bond acceptors (Lipinski definition) is 3. The van der Waals surface area contributed by atoms with Crippen LogP contribution in [-0.2, 0) is 25.3 Å². The highest BCUT2D eigenvalue weighted by Crippen LogP contribution is 2.49. The van der Waals surface area contributed by atoms with E-state index in [1.54, 1.807) is 0 Å².